The van der Waals surface area contributed by atoms with Gasteiger partial charge in [-0.3, -0.25) is 14.6 Å². The molecular formula is C19H30N4O. The first kappa shape index (κ1) is 17.4. The average molecular weight is 330 g/mol. The zero-order valence-corrected chi connectivity index (χ0v) is 14.5. The van der Waals surface area contributed by atoms with Gasteiger partial charge in [-0.25, -0.2) is 0 Å². The van der Waals surface area contributed by atoms with Gasteiger partial charge in [-0.05, 0) is 30.9 Å². The van der Waals surface area contributed by atoms with Crippen molar-refractivity contribution in [2.75, 3.05) is 52.4 Å². The molecule has 2 fully saturated rings. The molecule has 2 aliphatic rings. The summed E-state index contributed by atoms with van der Waals surface area (Å²) in [4.78, 5) is 16.7. The summed E-state index contributed by atoms with van der Waals surface area (Å²) in [6, 6.07) is 10.7. The molecule has 0 atom stereocenters. The van der Waals surface area contributed by atoms with Crippen LogP contribution in [0.1, 0.15) is 18.4 Å². The SMILES string of the molecule is O=C(CNCC1CC1)NCCN1CCN(Cc2ccccc2)CC1. The number of nitrogens with zero attached hydrogens (tertiary/aromatic N) is 2. The Morgan fingerprint density at radius 3 is 2.46 bits per heavy atom. The molecule has 0 aromatic heterocycles. The Hall–Kier alpha value is -1.43. The van der Waals surface area contributed by atoms with E-state index in [1.807, 2.05) is 0 Å². The van der Waals surface area contributed by atoms with E-state index in [-0.39, 0.29) is 5.91 Å². The molecule has 0 unspecified atom stereocenters. The molecule has 1 aliphatic carbocycles. The zero-order chi connectivity index (χ0) is 16.6. The minimum Gasteiger partial charge on any atom is -0.354 e. The topological polar surface area (TPSA) is 47.6 Å². The quantitative estimate of drug-likeness (QED) is 0.707. The van der Waals surface area contributed by atoms with Crippen LogP contribution in [0.2, 0.25) is 0 Å². The molecule has 132 valence electrons. The second-order valence-electron chi connectivity index (χ2n) is 7.03. The fourth-order valence-corrected chi connectivity index (χ4v) is 3.14. The van der Waals surface area contributed by atoms with Crippen molar-refractivity contribution in [1.29, 1.82) is 0 Å². The van der Waals surface area contributed by atoms with E-state index in [1.165, 1.54) is 18.4 Å². The smallest absolute Gasteiger partial charge is 0.234 e. The number of amides is 1. The van der Waals surface area contributed by atoms with Crippen molar-refractivity contribution in [1.82, 2.24) is 20.4 Å². The van der Waals surface area contributed by atoms with Gasteiger partial charge >= 0.3 is 0 Å². The van der Waals surface area contributed by atoms with Crippen LogP contribution in [0.5, 0.6) is 0 Å². The van der Waals surface area contributed by atoms with Crippen molar-refractivity contribution in [3.63, 3.8) is 0 Å². The fraction of sp³-hybridized carbons (Fsp3) is 0.632. The van der Waals surface area contributed by atoms with Crippen molar-refractivity contribution in [3.8, 4) is 0 Å². The summed E-state index contributed by atoms with van der Waals surface area (Å²) in [7, 11) is 0. The van der Waals surface area contributed by atoms with Crippen LogP contribution in [-0.4, -0.2) is 68.1 Å². The Morgan fingerprint density at radius 2 is 1.75 bits per heavy atom. The number of carbonyl (C=O) groups is 1. The minimum absolute atomic E-state index is 0.123. The van der Waals surface area contributed by atoms with Crippen LogP contribution in [-0.2, 0) is 11.3 Å². The van der Waals surface area contributed by atoms with Crippen molar-refractivity contribution >= 4 is 5.91 Å². The molecular weight excluding hydrogens is 300 g/mol. The van der Waals surface area contributed by atoms with Crippen LogP contribution in [0.4, 0.5) is 0 Å². The average Bonchev–Trinajstić information content (AvgIpc) is 3.42. The van der Waals surface area contributed by atoms with Crippen LogP contribution >= 0.6 is 0 Å². The number of piperazine rings is 1. The molecule has 1 aromatic rings. The number of hydrogen-bond donors (Lipinski definition) is 2. The molecule has 1 saturated heterocycles. The maximum absolute atomic E-state index is 11.7. The van der Waals surface area contributed by atoms with Gasteiger partial charge in [-0.15, -0.1) is 0 Å². The van der Waals surface area contributed by atoms with Crippen LogP contribution in [0, 0.1) is 5.92 Å². The number of rotatable bonds is 9. The Labute approximate surface area is 145 Å². The van der Waals surface area contributed by atoms with Gasteiger partial charge in [0.05, 0.1) is 6.54 Å². The van der Waals surface area contributed by atoms with Gasteiger partial charge in [-0.1, -0.05) is 30.3 Å². The predicted molar refractivity (Wildman–Crippen MR) is 96.8 cm³/mol. The molecule has 0 radical (unpaired) electrons. The summed E-state index contributed by atoms with van der Waals surface area (Å²) in [6.45, 7) is 8.58. The van der Waals surface area contributed by atoms with Gasteiger partial charge in [0.1, 0.15) is 0 Å². The third-order valence-electron chi connectivity index (χ3n) is 4.88. The standard InChI is InChI=1S/C19H30N4O/c24-19(15-20-14-17-6-7-17)21-8-9-22-10-12-23(13-11-22)16-18-4-2-1-3-5-18/h1-5,17,20H,6-16H2,(H,21,24). The van der Waals surface area contributed by atoms with E-state index in [1.54, 1.807) is 0 Å². The zero-order valence-electron chi connectivity index (χ0n) is 14.5. The minimum atomic E-state index is 0.123. The first-order valence-electron chi connectivity index (χ1n) is 9.25. The first-order valence-corrected chi connectivity index (χ1v) is 9.25. The summed E-state index contributed by atoms with van der Waals surface area (Å²) in [5.74, 6) is 0.948. The van der Waals surface area contributed by atoms with Crippen molar-refractivity contribution < 1.29 is 4.79 Å². The Kier molecular flexibility index (Phi) is 6.64. The summed E-state index contributed by atoms with van der Waals surface area (Å²) < 4.78 is 0. The van der Waals surface area contributed by atoms with E-state index in [4.69, 9.17) is 0 Å². The highest BCUT2D eigenvalue weighted by Crippen LogP contribution is 2.27. The largest absolute Gasteiger partial charge is 0.354 e. The first-order chi connectivity index (χ1) is 11.8. The van der Waals surface area contributed by atoms with Gasteiger partial charge in [0.2, 0.25) is 5.91 Å². The van der Waals surface area contributed by atoms with Crippen molar-refractivity contribution in [3.05, 3.63) is 35.9 Å². The van der Waals surface area contributed by atoms with Crippen molar-refractivity contribution in [2.45, 2.75) is 19.4 Å². The Bertz CT molecular complexity index is 495. The van der Waals surface area contributed by atoms with E-state index in [9.17, 15) is 4.79 Å². The molecule has 1 aliphatic heterocycles. The van der Waals surface area contributed by atoms with Crippen LogP contribution in [0.25, 0.3) is 0 Å². The number of carbonyl (C=O) groups excluding carboxylic acids is 1. The lowest BCUT2D eigenvalue weighted by molar-refractivity contribution is -0.120. The van der Waals surface area contributed by atoms with E-state index in [2.05, 4.69) is 50.8 Å². The van der Waals surface area contributed by atoms with Gasteiger partial charge in [-0.2, -0.15) is 0 Å². The predicted octanol–water partition coefficient (Wildman–Crippen LogP) is 0.920. The highest BCUT2D eigenvalue weighted by Gasteiger charge is 2.20. The number of nitrogens with one attached hydrogen (secondary N) is 2. The molecule has 0 bridgehead atoms. The Balaban J connectivity index is 1.23. The number of hydrogen-bond acceptors (Lipinski definition) is 4. The van der Waals surface area contributed by atoms with Gasteiger partial charge < -0.3 is 10.6 Å². The lowest BCUT2D eigenvalue weighted by Gasteiger charge is -2.34. The molecule has 1 aromatic carbocycles. The molecule has 5 nitrogen and oxygen atoms in total. The summed E-state index contributed by atoms with van der Waals surface area (Å²) in [6.07, 6.45) is 2.65. The lowest BCUT2D eigenvalue weighted by Crippen LogP contribution is -2.48. The molecule has 5 heteroatoms. The normalized spacial score (nSPS) is 19.3. The summed E-state index contributed by atoms with van der Waals surface area (Å²) in [5.41, 5.74) is 1.39. The van der Waals surface area contributed by atoms with E-state index in [0.29, 0.717) is 6.54 Å². The fourth-order valence-electron chi connectivity index (χ4n) is 3.14. The molecule has 1 amide bonds. The third kappa shape index (κ3) is 6.23. The summed E-state index contributed by atoms with van der Waals surface area (Å²) in [5, 5.41) is 6.25. The molecule has 1 heterocycles. The highest BCUT2D eigenvalue weighted by atomic mass is 16.1. The molecule has 0 spiro atoms. The lowest BCUT2D eigenvalue weighted by atomic mass is 10.2. The molecule has 2 N–H and O–H groups in total. The van der Waals surface area contributed by atoms with Gasteiger partial charge in [0, 0.05) is 45.8 Å². The Morgan fingerprint density at radius 1 is 1.04 bits per heavy atom. The second-order valence-corrected chi connectivity index (χ2v) is 7.03. The third-order valence-corrected chi connectivity index (χ3v) is 4.88. The summed E-state index contributed by atoms with van der Waals surface area (Å²) >= 11 is 0. The van der Waals surface area contributed by atoms with Gasteiger partial charge in [0.25, 0.3) is 0 Å². The number of benzene rings is 1. The maximum atomic E-state index is 11.7. The molecule has 3 rings (SSSR count). The monoisotopic (exact) mass is 330 g/mol. The molecule has 24 heavy (non-hydrogen) atoms. The second kappa shape index (κ2) is 9.16. The molecule has 1 saturated carbocycles. The highest BCUT2D eigenvalue weighted by molar-refractivity contribution is 5.77. The van der Waals surface area contributed by atoms with E-state index >= 15 is 0 Å². The van der Waals surface area contributed by atoms with Gasteiger partial charge in [0.15, 0.2) is 0 Å². The van der Waals surface area contributed by atoms with Crippen molar-refractivity contribution in [2.24, 2.45) is 5.92 Å². The van der Waals surface area contributed by atoms with E-state index < -0.39 is 0 Å². The van der Waals surface area contributed by atoms with E-state index in [0.717, 1.165) is 58.3 Å². The maximum Gasteiger partial charge on any atom is 0.234 e. The van der Waals surface area contributed by atoms with Crippen LogP contribution in [0.3, 0.4) is 0 Å². The van der Waals surface area contributed by atoms with Crippen LogP contribution < -0.4 is 10.6 Å². The van der Waals surface area contributed by atoms with Crippen LogP contribution in [0.15, 0.2) is 30.3 Å².